The lowest BCUT2D eigenvalue weighted by molar-refractivity contribution is -0.201. The summed E-state index contributed by atoms with van der Waals surface area (Å²) in [4.78, 5) is 91.6. The second kappa shape index (κ2) is 28.7. The average Bonchev–Trinajstić information content (AvgIpc) is 1.46. The Morgan fingerprint density at radius 2 is 1.57 bits per heavy atom. The van der Waals surface area contributed by atoms with E-state index in [1.807, 2.05) is 55.6 Å². The van der Waals surface area contributed by atoms with Crippen molar-refractivity contribution in [1.82, 2.24) is 40.0 Å². The van der Waals surface area contributed by atoms with Crippen LogP contribution in [0.5, 0.6) is 5.75 Å². The number of Topliss-reactive ketones (excluding diaryl/α,β-unsaturated/α-hetero) is 1. The topological polar surface area (TPSA) is 327 Å². The largest absolute Gasteiger partial charge is 0.496 e. The molecule has 106 heavy (non-hydrogen) atoms. The van der Waals surface area contributed by atoms with Crippen molar-refractivity contribution >= 4 is 95.7 Å². The second-order valence-corrected chi connectivity index (χ2v) is 39.7. The Bertz CT molecular complexity index is 4790. The van der Waals surface area contributed by atoms with E-state index in [0.29, 0.717) is 67.2 Å². The summed E-state index contributed by atoms with van der Waals surface area (Å²) in [6.07, 6.45) is 9.84. The molecule has 11 atom stereocenters. The number of benzene rings is 5. The summed E-state index contributed by atoms with van der Waals surface area (Å²) in [7, 11) is -1.92. The molecule has 23 nitrogen and oxygen atoms in total. The van der Waals surface area contributed by atoms with E-state index in [2.05, 4.69) is 145 Å². The maximum Gasteiger partial charge on any atom is 0.303 e. The number of methoxy groups -OCH3 is 1. The van der Waals surface area contributed by atoms with Crippen LogP contribution in [-0.2, 0) is 37.5 Å². The number of likely N-dealkylation sites (N-methyl/N-ethyl adjacent to an activating group) is 1. The van der Waals surface area contributed by atoms with Crippen LogP contribution in [0.25, 0.3) is 22.1 Å². The lowest BCUT2D eigenvalue weighted by Gasteiger charge is -2.64. The number of amides is 2. The number of carboxylic acid groups (broad SMARTS) is 1. The van der Waals surface area contributed by atoms with Crippen LogP contribution in [0.1, 0.15) is 140 Å². The van der Waals surface area contributed by atoms with Crippen LogP contribution < -0.4 is 47.3 Å². The van der Waals surface area contributed by atoms with Crippen LogP contribution in [0, 0.1) is 11.3 Å². The van der Waals surface area contributed by atoms with Gasteiger partial charge in [-0.25, -0.2) is 9.97 Å². The van der Waals surface area contributed by atoms with Crippen LogP contribution in [0.4, 0.5) is 23.0 Å². The Balaban J connectivity index is 0.650. The summed E-state index contributed by atoms with van der Waals surface area (Å²) in [5.74, 6) is -0.666. The number of ketones is 1. The number of rotatable bonds is 25. The summed E-state index contributed by atoms with van der Waals surface area (Å²) >= 11 is 0. The van der Waals surface area contributed by atoms with Gasteiger partial charge >= 0.3 is 5.97 Å². The van der Waals surface area contributed by atoms with Crippen LogP contribution in [0.2, 0.25) is 25.7 Å². The van der Waals surface area contributed by atoms with Crippen molar-refractivity contribution in [3.8, 4) is 5.75 Å². The molecule has 8 aromatic rings. The number of aliphatic hydroxyl groups is 3. The molecular weight excluding hydrogens is 1370 g/mol. The highest BCUT2D eigenvalue weighted by molar-refractivity contribution is 6.97. The van der Waals surface area contributed by atoms with Crippen LogP contribution in [0.15, 0.2) is 132 Å². The number of nitrogen functional groups attached to an aromatic ring is 1. The number of fused-ring (bicyclic) bond motifs is 7. The van der Waals surface area contributed by atoms with Gasteiger partial charge in [0.15, 0.2) is 16.9 Å². The predicted molar refractivity (Wildman–Crippen MR) is 416 cm³/mol. The molecule has 14 rings (SSSR count). The molecule has 1 aliphatic carbocycles. The molecule has 2 amide bonds. The van der Waals surface area contributed by atoms with Gasteiger partial charge < -0.3 is 60.8 Å². The van der Waals surface area contributed by atoms with E-state index in [-0.39, 0.29) is 85.4 Å². The Hall–Kier alpha value is -8.93. The lowest BCUT2D eigenvalue weighted by atomic mass is 9.47. The molecule has 5 aliphatic heterocycles. The minimum Gasteiger partial charge on any atom is -0.496 e. The van der Waals surface area contributed by atoms with E-state index in [4.69, 9.17) is 14.6 Å². The van der Waals surface area contributed by atoms with Gasteiger partial charge in [-0.3, -0.25) is 38.8 Å². The molecule has 2 unspecified atom stereocenters. The molecule has 3 fully saturated rings. The number of nitrogens with zero attached hydrogens (tertiary/aromatic N) is 6. The number of carboxylic acids is 1. The highest BCUT2D eigenvalue weighted by atomic mass is 28.4. The number of H-pyrrole nitrogens is 2. The predicted octanol–water partition coefficient (Wildman–Crippen LogP) is 8.90. The molecule has 2 bridgehead atoms. The zero-order valence-electron chi connectivity index (χ0n) is 62.0. The number of hydrogen-bond donors (Lipinski definition) is 10. The standard InChI is InChI=1S/C81H100N12O11Si2/c1-9-78(101)45-50-44-77(3,69-59(33-39-92(48-50)49-78)58-16-11-12-17-62(58)88-69)61-42-60-63(43-65(61)103-5)91(4)74-80(60)36-40-93-38-15-34-79(10-2,73(80)93)75(100)81(74,102)35-32-64(94)51-22-28-56(29-23-51)105(6,7)104-106(8,41-14-19-67(96)97)57-30-26-54(27-31-57)86-66(95)18-13-37-83-71(98)52-20-24-53(25-21-52)84-46-55-47-85-70-68(87-55)72(99)90-76(82)89-70/h11-12,15-17,20-31,34,42-43,47,50,73-75,84,88,100-102H,9-10,13-14,18-19,32-33,35-41,44-46,48-49H2,1-8H3,(H,83,98)(H,86,95)(H,96,97)(H3,82,85,89,90,99)/t50-,73+,74+,75+,77+,78-,79+,80+,81-,106?/m0/s1. The van der Waals surface area contributed by atoms with Crippen molar-refractivity contribution in [1.29, 1.82) is 0 Å². The van der Waals surface area contributed by atoms with E-state index in [1.54, 1.807) is 31.4 Å². The molecule has 5 aromatic carbocycles. The Kier molecular flexibility index (Phi) is 20.0. The van der Waals surface area contributed by atoms with E-state index in [9.17, 15) is 44.4 Å². The van der Waals surface area contributed by atoms with Crippen molar-refractivity contribution < 1.29 is 48.5 Å². The fourth-order valence-electron chi connectivity index (χ4n) is 19.7. The Labute approximate surface area is 620 Å². The van der Waals surface area contributed by atoms with E-state index in [1.165, 1.54) is 22.8 Å². The van der Waals surface area contributed by atoms with Crippen LogP contribution >= 0.6 is 0 Å². The van der Waals surface area contributed by atoms with Gasteiger partial charge in [-0.15, -0.1) is 0 Å². The number of aromatic nitrogens is 5. The summed E-state index contributed by atoms with van der Waals surface area (Å²) in [5, 5.41) is 61.5. The third kappa shape index (κ3) is 13.3. The molecule has 2 saturated heterocycles. The number of aliphatic hydroxyl groups excluding tert-OH is 1. The van der Waals surface area contributed by atoms with Crippen molar-refractivity contribution in [3.05, 3.63) is 177 Å². The highest BCUT2D eigenvalue weighted by Gasteiger charge is 2.76. The number of para-hydroxylation sites is 1. The van der Waals surface area contributed by atoms with Gasteiger partial charge in [0.05, 0.1) is 43.3 Å². The zero-order valence-corrected chi connectivity index (χ0v) is 64.0. The molecule has 3 aromatic heterocycles. The molecule has 1 saturated carbocycles. The highest BCUT2D eigenvalue weighted by Crippen LogP contribution is 2.68. The van der Waals surface area contributed by atoms with E-state index < -0.39 is 67.8 Å². The van der Waals surface area contributed by atoms with Gasteiger partial charge in [-0.2, -0.15) is 4.98 Å². The molecule has 1 spiro atoms. The first-order valence-corrected chi connectivity index (χ1v) is 43.1. The quantitative estimate of drug-likeness (QED) is 0.0110. The Morgan fingerprint density at radius 1 is 0.830 bits per heavy atom. The summed E-state index contributed by atoms with van der Waals surface area (Å²) in [6, 6.07) is 35.0. The van der Waals surface area contributed by atoms with Gasteiger partial charge in [0.25, 0.3) is 11.5 Å². The number of piperidine rings is 1. The number of nitrogens with one attached hydrogen (secondary N) is 5. The molecule has 11 N–H and O–H groups in total. The molecular formula is C81H100N12O11Si2. The molecule has 8 heterocycles. The van der Waals surface area contributed by atoms with Crippen molar-refractivity contribution in [2.45, 2.75) is 170 Å². The fourth-order valence-corrected chi connectivity index (χ4v) is 28.6. The summed E-state index contributed by atoms with van der Waals surface area (Å²) < 4.78 is 14.0. The van der Waals surface area contributed by atoms with E-state index in [0.717, 1.165) is 89.6 Å². The van der Waals surface area contributed by atoms with Crippen molar-refractivity contribution in [2.24, 2.45) is 11.3 Å². The number of anilines is 4. The van der Waals surface area contributed by atoms with Crippen molar-refractivity contribution in [3.63, 3.8) is 0 Å². The smallest absolute Gasteiger partial charge is 0.303 e. The maximum absolute atomic E-state index is 14.9. The fraction of sp³-hybridized carbons (Fsp3) is 0.457. The number of carbonyl (C=O) groups excluding carboxylic acids is 3. The molecule has 25 heteroatoms. The number of aromatic amines is 2. The number of nitrogens with two attached hydrogens (primary N) is 1. The summed E-state index contributed by atoms with van der Waals surface area (Å²) in [6.45, 7) is 17.4. The molecule has 6 aliphatic rings. The zero-order chi connectivity index (χ0) is 74.9. The minimum absolute atomic E-state index is 0.0133. The second-order valence-electron chi connectivity index (χ2n) is 31.7. The number of aliphatic carboxylic acids is 1. The van der Waals surface area contributed by atoms with Gasteiger partial charge in [-0.1, -0.05) is 80.6 Å². The normalized spacial score (nSPS) is 26.5. The third-order valence-electron chi connectivity index (χ3n) is 24.7. The van der Waals surface area contributed by atoms with Gasteiger partial charge in [0.1, 0.15) is 11.4 Å². The first kappa shape index (κ1) is 74.0. The minimum atomic E-state index is -2.91. The first-order chi connectivity index (χ1) is 50.7. The van der Waals surface area contributed by atoms with Gasteiger partial charge in [0, 0.05) is 138 Å². The molecule has 558 valence electrons. The lowest BCUT2D eigenvalue weighted by Crippen LogP contribution is -2.78. The first-order valence-electron chi connectivity index (χ1n) is 37.6. The SMILES string of the molecule is CC[C@]1(O)C[C@H]2CN(CCc3c([nH]c4ccccc34)[C@@](C)(c3cc4c(cc3OC)N(C)[C@H]3[C@@](O)(CCC(=O)c5ccc([Si](C)(C)O[Si](C)(CCCC(=O)O)c6ccc(NC(=O)CCCNC(=O)c7ccc(NCc8cnc9nc(N)[nH]c(=O)c9n8)cc7)cc6)cc5)[C@H](O)[C@]5(CC)C=CCN6CC[C@]43[C@H]65)C2)C1. The average molecular weight is 1470 g/mol. The van der Waals surface area contributed by atoms with Gasteiger partial charge in [0.2, 0.25) is 28.5 Å². The Morgan fingerprint density at radius 3 is 2.30 bits per heavy atom. The third-order valence-corrected chi connectivity index (χ3v) is 33.1. The van der Waals surface area contributed by atoms with Crippen LogP contribution in [-0.4, -0.2) is 178 Å². The number of ether oxygens (including phenoxy) is 1. The van der Waals surface area contributed by atoms with Crippen LogP contribution in [0.3, 0.4) is 0 Å². The molecule has 0 radical (unpaired) electrons. The monoisotopic (exact) mass is 1470 g/mol. The number of hydrogen-bond acceptors (Lipinski definition) is 18. The maximum atomic E-state index is 14.9. The van der Waals surface area contributed by atoms with Gasteiger partial charge in [-0.05, 0) is 173 Å². The van der Waals surface area contributed by atoms with Crippen molar-refractivity contribution in [2.75, 3.05) is 74.7 Å². The van der Waals surface area contributed by atoms with E-state index >= 15 is 0 Å². The number of carbonyl (C=O) groups is 4. The summed E-state index contributed by atoms with van der Waals surface area (Å²) in [5.41, 5.74) is 10.1.